The van der Waals surface area contributed by atoms with Crippen molar-refractivity contribution in [2.75, 3.05) is 45.9 Å². The van der Waals surface area contributed by atoms with Gasteiger partial charge in [-0.25, -0.2) is 13.2 Å². The Morgan fingerprint density at radius 3 is 2.13 bits per heavy atom. The maximum Gasteiger partial charge on any atom is 0.409 e. The van der Waals surface area contributed by atoms with Gasteiger partial charge in [0, 0.05) is 44.8 Å². The minimum absolute atomic E-state index is 0.167. The van der Waals surface area contributed by atoms with Crippen molar-refractivity contribution in [3.05, 3.63) is 29.8 Å². The normalized spacial score (nSPS) is 15.4. The lowest BCUT2D eigenvalue weighted by Crippen LogP contribution is -2.38. The van der Waals surface area contributed by atoms with Crippen molar-refractivity contribution in [1.29, 1.82) is 0 Å². The highest BCUT2D eigenvalue weighted by Gasteiger charge is 2.25. The third-order valence-corrected chi connectivity index (χ3v) is 7.09. The quantitative estimate of drug-likeness (QED) is 0.652. The van der Waals surface area contributed by atoms with Crippen LogP contribution in [0.1, 0.15) is 44.5 Å². The maximum atomic E-state index is 12.9. The summed E-state index contributed by atoms with van der Waals surface area (Å²) in [6, 6.07) is 6.07. The van der Waals surface area contributed by atoms with Crippen LogP contribution in [0.2, 0.25) is 0 Å². The summed E-state index contributed by atoms with van der Waals surface area (Å²) in [4.78, 5) is 28.6. The Labute approximate surface area is 179 Å². The molecule has 0 N–H and O–H groups in total. The number of carbonyl (C=O) groups excluding carboxylic acids is 2. The van der Waals surface area contributed by atoms with Gasteiger partial charge in [-0.15, -0.1) is 0 Å². The van der Waals surface area contributed by atoms with Crippen LogP contribution in [0.4, 0.5) is 4.79 Å². The fourth-order valence-corrected chi connectivity index (χ4v) is 4.76. The van der Waals surface area contributed by atoms with Crippen LogP contribution in [0.25, 0.3) is 0 Å². The van der Waals surface area contributed by atoms with E-state index < -0.39 is 10.0 Å². The fourth-order valence-electron chi connectivity index (χ4n) is 3.30. The SMILES string of the molecule is CCN(CC)S(=O)(=O)c1ccc(C(=O)N2CCCN(C(=O)OCC(C)C)CC2)cc1. The summed E-state index contributed by atoms with van der Waals surface area (Å²) in [7, 11) is -3.55. The van der Waals surface area contributed by atoms with E-state index in [2.05, 4.69) is 0 Å². The zero-order chi connectivity index (χ0) is 22.3. The van der Waals surface area contributed by atoms with Gasteiger partial charge in [0.15, 0.2) is 0 Å². The van der Waals surface area contributed by atoms with E-state index in [9.17, 15) is 18.0 Å². The topological polar surface area (TPSA) is 87.2 Å². The molecule has 1 aromatic carbocycles. The molecule has 168 valence electrons. The summed E-state index contributed by atoms with van der Waals surface area (Å²) in [5.74, 6) is 0.103. The van der Waals surface area contributed by atoms with Crippen molar-refractivity contribution in [3.8, 4) is 0 Å². The molecule has 1 saturated heterocycles. The minimum Gasteiger partial charge on any atom is -0.449 e. The first-order chi connectivity index (χ1) is 14.2. The van der Waals surface area contributed by atoms with E-state index in [-0.39, 0.29) is 22.8 Å². The second kappa shape index (κ2) is 10.8. The van der Waals surface area contributed by atoms with Gasteiger partial charge in [-0.2, -0.15) is 4.31 Å². The number of amides is 2. The number of carbonyl (C=O) groups is 2. The Morgan fingerprint density at radius 2 is 1.57 bits per heavy atom. The molecule has 0 saturated carbocycles. The Hall–Kier alpha value is -2.13. The van der Waals surface area contributed by atoms with Crippen LogP contribution in [-0.4, -0.2) is 80.4 Å². The van der Waals surface area contributed by atoms with E-state index in [1.54, 1.807) is 35.8 Å². The molecule has 2 amide bonds. The number of hydrogen-bond donors (Lipinski definition) is 0. The van der Waals surface area contributed by atoms with Crippen LogP contribution in [0.15, 0.2) is 29.2 Å². The number of nitrogens with zero attached hydrogens (tertiary/aromatic N) is 3. The number of ether oxygens (including phenoxy) is 1. The lowest BCUT2D eigenvalue weighted by molar-refractivity contribution is 0.0746. The van der Waals surface area contributed by atoms with Gasteiger partial charge in [0.25, 0.3) is 5.91 Å². The van der Waals surface area contributed by atoms with Crippen LogP contribution in [0, 0.1) is 5.92 Å². The van der Waals surface area contributed by atoms with Crippen LogP contribution in [-0.2, 0) is 14.8 Å². The molecular weight excluding hydrogens is 406 g/mol. The predicted octanol–water partition coefficient (Wildman–Crippen LogP) is 2.66. The van der Waals surface area contributed by atoms with Crippen molar-refractivity contribution in [2.24, 2.45) is 5.92 Å². The Balaban J connectivity index is 2.02. The smallest absolute Gasteiger partial charge is 0.409 e. The summed E-state index contributed by atoms with van der Waals surface area (Å²) in [5, 5.41) is 0. The molecule has 0 aliphatic carbocycles. The van der Waals surface area contributed by atoms with E-state index in [4.69, 9.17) is 4.74 Å². The molecule has 0 bridgehead atoms. The highest BCUT2D eigenvalue weighted by Crippen LogP contribution is 2.18. The zero-order valence-electron chi connectivity index (χ0n) is 18.3. The number of benzene rings is 1. The number of hydrogen-bond acceptors (Lipinski definition) is 5. The van der Waals surface area contributed by atoms with Crippen LogP contribution in [0.5, 0.6) is 0 Å². The average Bonchev–Trinajstić information content (AvgIpc) is 2.98. The minimum atomic E-state index is -3.55. The fraction of sp³-hybridized carbons (Fsp3) is 0.619. The van der Waals surface area contributed by atoms with E-state index in [0.29, 0.717) is 57.9 Å². The monoisotopic (exact) mass is 439 g/mol. The third kappa shape index (κ3) is 5.95. The summed E-state index contributed by atoms with van der Waals surface area (Å²) in [6.45, 7) is 10.6. The van der Waals surface area contributed by atoms with Crippen molar-refractivity contribution in [3.63, 3.8) is 0 Å². The first-order valence-corrected chi connectivity index (χ1v) is 12.0. The van der Waals surface area contributed by atoms with Crippen molar-refractivity contribution in [2.45, 2.75) is 39.0 Å². The molecular formula is C21H33N3O5S. The van der Waals surface area contributed by atoms with Gasteiger partial charge in [0.2, 0.25) is 10.0 Å². The molecule has 2 rings (SSSR count). The van der Waals surface area contributed by atoms with Crippen LogP contribution >= 0.6 is 0 Å². The van der Waals surface area contributed by atoms with Crippen LogP contribution in [0.3, 0.4) is 0 Å². The molecule has 1 fully saturated rings. The maximum absolute atomic E-state index is 12.9. The van der Waals surface area contributed by atoms with Crippen molar-refractivity contribution >= 4 is 22.0 Å². The standard InChI is InChI=1S/C21H33N3O5S/c1-5-24(6-2)30(27,28)19-10-8-18(9-11-19)20(25)22-12-7-13-23(15-14-22)21(26)29-16-17(3)4/h8-11,17H,5-7,12-16H2,1-4H3. The highest BCUT2D eigenvalue weighted by atomic mass is 32.2. The lowest BCUT2D eigenvalue weighted by Gasteiger charge is -2.22. The highest BCUT2D eigenvalue weighted by molar-refractivity contribution is 7.89. The molecule has 0 spiro atoms. The average molecular weight is 440 g/mol. The molecule has 0 radical (unpaired) electrons. The molecule has 0 atom stereocenters. The largest absolute Gasteiger partial charge is 0.449 e. The molecule has 1 aromatic rings. The van der Waals surface area contributed by atoms with Gasteiger partial charge < -0.3 is 14.5 Å². The molecule has 1 aliphatic rings. The number of sulfonamides is 1. The predicted molar refractivity (Wildman–Crippen MR) is 115 cm³/mol. The molecule has 0 unspecified atom stereocenters. The van der Waals surface area contributed by atoms with E-state index in [1.807, 2.05) is 13.8 Å². The first kappa shape index (κ1) is 24.1. The van der Waals surface area contributed by atoms with Gasteiger partial charge in [-0.1, -0.05) is 27.7 Å². The van der Waals surface area contributed by atoms with Gasteiger partial charge >= 0.3 is 6.09 Å². The second-order valence-corrected chi connectivity index (χ2v) is 9.66. The Kier molecular flexibility index (Phi) is 8.66. The summed E-state index contributed by atoms with van der Waals surface area (Å²) in [5.41, 5.74) is 0.435. The Bertz CT molecular complexity index is 820. The Morgan fingerprint density at radius 1 is 1.00 bits per heavy atom. The lowest BCUT2D eigenvalue weighted by atomic mass is 10.2. The van der Waals surface area contributed by atoms with Gasteiger partial charge in [-0.3, -0.25) is 4.79 Å². The van der Waals surface area contributed by atoms with Gasteiger partial charge in [0.05, 0.1) is 11.5 Å². The molecule has 9 heteroatoms. The van der Waals surface area contributed by atoms with Crippen molar-refractivity contribution in [1.82, 2.24) is 14.1 Å². The summed E-state index contributed by atoms with van der Waals surface area (Å²) >= 11 is 0. The molecule has 1 aliphatic heterocycles. The summed E-state index contributed by atoms with van der Waals surface area (Å²) in [6.07, 6.45) is 0.320. The third-order valence-electron chi connectivity index (χ3n) is 5.03. The molecule has 1 heterocycles. The van der Waals surface area contributed by atoms with Crippen LogP contribution < -0.4 is 0 Å². The second-order valence-electron chi connectivity index (χ2n) is 7.72. The molecule has 0 aromatic heterocycles. The molecule has 8 nitrogen and oxygen atoms in total. The van der Waals surface area contributed by atoms with E-state index in [1.165, 1.54) is 16.4 Å². The van der Waals surface area contributed by atoms with Crippen molar-refractivity contribution < 1.29 is 22.7 Å². The summed E-state index contributed by atoms with van der Waals surface area (Å²) < 4.78 is 31.9. The van der Waals surface area contributed by atoms with E-state index in [0.717, 1.165) is 0 Å². The van der Waals surface area contributed by atoms with Gasteiger partial charge in [-0.05, 0) is 36.6 Å². The first-order valence-electron chi connectivity index (χ1n) is 10.5. The van der Waals surface area contributed by atoms with E-state index >= 15 is 0 Å². The van der Waals surface area contributed by atoms with Gasteiger partial charge in [0.1, 0.15) is 0 Å². The molecule has 30 heavy (non-hydrogen) atoms. The number of rotatable bonds is 7. The zero-order valence-corrected chi connectivity index (χ0v) is 19.2.